The fraction of sp³-hybridized carbons (Fsp3) is 0.714. The first kappa shape index (κ1) is 8.36. The number of likely N-dealkylation sites (N-methyl/N-ethyl adjacent to an activating group) is 1. The Morgan fingerprint density at radius 1 is 1.64 bits per heavy atom. The van der Waals surface area contributed by atoms with Gasteiger partial charge in [-0.3, -0.25) is 0 Å². The van der Waals surface area contributed by atoms with Crippen molar-refractivity contribution in [1.82, 2.24) is 9.91 Å². The quantitative estimate of drug-likeness (QED) is 0.410. The zero-order valence-electron chi connectivity index (χ0n) is 6.90. The molecule has 1 heterocycles. The summed E-state index contributed by atoms with van der Waals surface area (Å²) in [7, 11) is 2.10. The number of nitrogens with two attached hydrogens (primary N) is 2. The second kappa shape index (κ2) is 3.59. The highest BCUT2D eigenvalue weighted by Crippen LogP contribution is 2.10. The van der Waals surface area contributed by atoms with E-state index in [1.54, 1.807) is 11.2 Å². The lowest BCUT2D eigenvalue weighted by atomic mass is 10.2. The molecule has 0 spiro atoms. The maximum absolute atomic E-state index is 5.69. The van der Waals surface area contributed by atoms with Gasteiger partial charge in [0.25, 0.3) is 0 Å². The van der Waals surface area contributed by atoms with Gasteiger partial charge in [0.05, 0.1) is 6.04 Å². The van der Waals surface area contributed by atoms with Crippen molar-refractivity contribution in [2.45, 2.75) is 12.5 Å². The Bertz CT molecular complexity index is 145. The second-order valence-electron chi connectivity index (χ2n) is 2.99. The molecule has 0 saturated carbocycles. The molecule has 1 fully saturated rings. The predicted octanol–water partition coefficient (Wildman–Crippen LogP) is -0.704. The Morgan fingerprint density at radius 2 is 2.36 bits per heavy atom. The van der Waals surface area contributed by atoms with E-state index >= 15 is 0 Å². The van der Waals surface area contributed by atoms with Gasteiger partial charge in [0, 0.05) is 18.9 Å². The fourth-order valence-electron chi connectivity index (χ4n) is 1.38. The molecule has 0 radical (unpaired) electrons. The van der Waals surface area contributed by atoms with Crippen LogP contribution in [0.25, 0.3) is 0 Å². The summed E-state index contributed by atoms with van der Waals surface area (Å²) in [5.74, 6) is 5.69. The maximum atomic E-state index is 5.69. The molecule has 0 aromatic carbocycles. The standard InChI is InChI=1S/C7H16N4/c1-10-4-2-7(6-10)11(9)5-3-8/h3,5,7H,2,4,6,8-9H2,1H3/b5-3-. The minimum atomic E-state index is 0.430. The molecular weight excluding hydrogens is 140 g/mol. The Morgan fingerprint density at radius 3 is 2.82 bits per heavy atom. The zero-order chi connectivity index (χ0) is 8.27. The van der Waals surface area contributed by atoms with E-state index in [2.05, 4.69) is 11.9 Å². The number of hydrogen-bond acceptors (Lipinski definition) is 4. The van der Waals surface area contributed by atoms with Gasteiger partial charge < -0.3 is 15.6 Å². The van der Waals surface area contributed by atoms with Crippen LogP contribution in [0.2, 0.25) is 0 Å². The number of hydrogen-bond donors (Lipinski definition) is 2. The van der Waals surface area contributed by atoms with E-state index in [1.165, 1.54) is 6.20 Å². The first-order chi connectivity index (χ1) is 5.24. The van der Waals surface area contributed by atoms with Crippen LogP contribution in [0, 0.1) is 0 Å². The van der Waals surface area contributed by atoms with E-state index in [0.29, 0.717) is 6.04 Å². The molecule has 0 bridgehead atoms. The van der Waals surface area contributed by atoms with Crippen LogP contribution in [0.15, 0.2) is 12.4 Å². The highest BCUT2D eigenvalue weighted by Gasteiger charge is 2.21. The van der Waals surface area contributed by atoms with Crippen LogP contribution in [0.5, 0.6) is 0 Å². The number of hydrazine groups is 1. The van der Waals surface area contributed by atoms with Crippen molar-refractivity contribution in [2.75, 3.05) is 20.1 Å². The molecule has 0 aliphatic carbocycles. The maximum Gasteiger partial charge on any atom is 0.0585 e. The molecule has 4 heteroatoms. The molecular formula is C7H16N4. The van der Waals surface area contributed by atoms with Gasteiger partial charge in [-0.15, -0.1) is 0 Å². The van der Waals surface area contributed by atoms with Gasteiger partial charge in [-0.25, -0.2) is 5.84 Å². The van der Waals surface area contributed by atoms with Crippen LogP contribution < -0.4 is 11.6 Å². The van der Waals surface area contributed by atoms with E-state index in [0.717, 1.165) is 19.5 Å². The third-order valence-electron chi connectivity index (χ3n) is 2.05. The Hall–Kier alpha value is -0.740. The molecule has 1 atom stereocenters. The molecule has 1 unspecified atom stereocenters. The number of rotatable bonds is 2. The average Bonchev–Trinajstić information content (AvgIpc) is 2.36. The fourth-order valence-corrected chi connectivity index (χ4v) is 1.38. The van der Waals surface area contributed by atoms with E-state index in [1.807, 2.05) is 0 Å². The van der Waals surface area contributed by atoms with Gasteiger partial charge in [-0.1, -0.05) is 0 Å². The second-order valence-corrected chi connectivity index (χ2v) is 2.99. The van der Waals surface area contributed by atoms with Crippen molar-refractivity contribution < 1.29 is 0 Å². The predicted molar refractivity (Wildman–Crippen MR) is 45.3 cm³/mol. The topological polar surface area (TPSA) is 58.5 Å². The first-order valence-electron chi connectivity index (χ1n) is 3.84. The van der Waals surface area contributed by atoms with Crippen LogP contribution >= 0.6 is 0 Å². The first-order valence-corrected chi connectivity index (χ1v) is 3.84. The summed E-state index contributed by atoms with van der Waals surface area (Å²) in [6.07, 6.45) is 4.31. The minimum absolute atomic E-state index is 0.430. The van der Waals surface area contributed by atoms with Crippen molar-refractivity contribution in [2.24, 2.45) is 11.6 Å². The summed E-state index contributed by atoms with van der Waals surface area (Å²) in [6, 6.07) is 0.430. The molecule has 0 aromatic heterocycles. The van der Waals surface area contributed by atoms with Crippen molar-refractivity contribution >= 4 is 0 Å². The smallest absolute Gasteiger partial charge is 0.0585 e. The van der Waals surface area contributed by atoms with Crippen LogP contribution in [0.3, 0.4) is 0 Å². The van der Waals surface area contributed by atoms with Gasteiger partial charge in [0.15, 0.2) is 0 Å². The number of likely N-dealkylation sites (tertiary alicyclic amines) is 1. The van der Waals surface area contributed by atoms with Crippen molar-refractivity contribution in [3.63, 3.8) is 0 Å². The lowest BCUT2D eigenvalue weighted by Gasteiger charge is -2.20. The molecule has 0 amide bonds. The SMILES string of the molecule is CN1CCC(N(N)/C=C\N)C1. The molecule has 1 aliphatic rings. The Labute approximate surface area is 67.4 Å². The summed E-state index contributed by atoms with van der Waals surface area (Å²) in [6.45, 7) is 2.15. The average molecular weight is 156 g/mol. The summed E-state index contributed by atoms with van der Waals surface area (Å²) >= 11 is 0. The van der Waals surface area contributed by atoms with E-state index in [-0.39, 0.29) is 0 Å². The van der Waals surface area contributed by atoms with Crippen LogP contribution in [0.4, 0.5) is 0 Å². The van der Waals surface area contributed by atoms with E-state index < -0.39 is 0 Å². The molecule has 4 N–H and O–H groups in total. The molecule has 1 saturated heterocycles. The third kappa shape index (κ3) is 2.10. The minimum Gasteiger partial charge on any atom is -0.403 e. The normalized spacial score (nSPS) is 26.5. The third-order valence-corrected chi connectivity index (χ3v) is 2.05. The molecule has 1 aliphatic heterocycles. The van der Waals surface area contributed by atoms with Crippen molar-refractivity contribution in [3.8, 4) is 0 Å². The van der Waals surface area contributed by atoms with Crippen LogP contribution in [-0.4, -0.2) is 36.1 Å². The largest absolute Gasteiger partial charge is 0.403 e. The number of nitrogens with zero attached hydrogens (tertiary/aromatic N) is 2. The molecule has 64 valence electrons. The van der Waals surface area contributed by atoms with Gasteiger partial charge >= 0.3 is 0 Å². The highest BCUT2D eigenvalue weighted by molar-refractivity contribution is 4.85. The van der Waals surface area contributed by atoms with Gasteiger partial charge in [-0.2, -0.15) is 0 Å². The lowest BCUT2D eigenvalue weighted by molar-refractivity contribution is 0.279. The Kier molecular flexibility index (Phi) is 2.73. The highest BCUT2D eigenvalue weighted by atomic mass is 15.4. The van der Waals surface area contributed by atoms with Crippen LogP contribution in [-0.2, 0) is 0 Å². The molecule has 4 nitrogen and oxygen atoms in total. The van der Waals surface area contributed by atoms with E-state index in [4.69, 9.17) is 11.6 Å². The summed E-state index contributed by atoms with van der Waals surface area (Å²) in [5.41, 5.74) is 5.22. The van der Waals surface area contributed by atoms with Crippen molar-refractivity contribution in [3.05, 3.63) is 12.4 Å². The molecule has 1 rings (SSSR count). The summed E-state index contributed by atoms with van der Waals surface area (Å²) in [5, 5.41) is 1.68. The molecule has 11 heavy (non-hydrogen) atoms. The lowest BCUT2D eigenvalue weighted by Crippen LogP contribution is -2.38. The van der Waals surface area contributed by atoms with Gasteiger partial charge in [0.2, 0.25) is 0 Å². The van der Waals surface area contributed by atoms with Crippen LogP contribution in [0.1, 0.15) is 6.42 Å². The monoisotopic (exact) mass is 156 g/mol. The summed E-state index contributed by atoms with van der Waals surface area (Å²) in [4.78, 5) is 2.26. The van der Waals surface area contributed by atoms with Crippen molar-refractivity contribution in [1.29, 1.82) is 0 Å². The Balaban J connectivity index is 2.36. The zero-order valence-corrected chi connectivity index (χ0v) is 6.90. The summed E-state index contributed by atoms with van der Waals surface area (Å²) < 4.78 is 0. The molecule has 0 aromatic rings. The van der Waals surface area contributed by atoms with Gasteiger partial charge in [-0.05, 0) is 20.0 Å². The van der Waals surface area contributed by atoms with E-state index in [9.17, 15) is 0 Å². The van der Waals surface area contributed by atoms with Gasteiger partial charge in [0.1, 0.15) is 0 Å².